The minimum absolute atomic E-state index is 0.174. The Labute approximate surface area is 105 Å². The van der Waals surface area contributed by atoms with Crippen molar-refractivity contribution in [2.75, 3.05) is 0 Å². The summed E-state index contributed by atoms with van der Waals surface area (Å²) in [5.74, 6) is 0. The van der Waals surface area contributed by atoms with Gasteiger partial charge in [0.25, 0.3) is 0 Å². The van der Waals surface area contributed by atoms with Crippen LogP contribution in [0.2, 0.25) is 0 Å². The Balaban J connectivity index is 2.07. The second-order valence-electron chi connectivity index (χ2n) is 3.88. The van der Waals surface area contributed by atoms with Gasteiger partial charge in [0.05, 0.1) is 12.4 Å². The van der Waals surface area contributed by atoms with Gasteiger partial charge in [-0.15, -0.1) is 0 Å². The Morgan fingerprint density at radius 2 is 2.06 bits per heavy atom. The number of aryl methyl sites for hydroxylation is 2. The molecule has 0 aliphatic rings. The quantitative estimate of drug-likeness (QED) is 0.835. The average molecular weight is 269 g/mol. The van der Waals surface area contributed by atoms with E-state index in [1.165, 1.54) is 12.4 Å². The Hall–Kier alpha value is -1.67. The highest BCUT2D eigenvalue weighted by atomic mass is 32.2. The Kier molecular flexibility index (Phi) is 3.48. The lowest BCUT2D eigenvalue weighted by molar-refractivity contribution is 0.580. The zero-order valence-corrected chi connectivity index (χ0v) is 11.1. The molecule has 0 atom stereocenters. The smallest absolute Gasteiger partial charge is 0.243 e. The first-order chi connectivity index (χ1) is 8.51. The number of nitrogens with zero attached hydrogens (tertiary/aromatic N) is 4. The number of sulfonamides is 1. The summed E-state index contributed by atoms with van der Waals surface area (Å²) in [6.07, 6.45) is 6.23. The van der Waals surface area contributed by atoms with Crippen LogP contribution >= 0.6 is 0 Å². The van der Waals surface area contributed by atoms with Crippen molar-refractivity contribution in [2.45, 2.75) is 24.9 Å². The van der Waals surface area contributed by atoms with Crippen molar-refractivity contribution in [3.05, 3.63) is 30.4 Å². The van der Waals surface area contributed by atoms with Crippen molar-refractivity contribution in [2.24, 2.45) is 7.05 Å². The Morgan fingerprint density at radius 1 is 1.28 bits per heavy atom. The highest BCUT2D eigenvalue weighted by Gasteiger charge is 2.16. The Bertz CT molecular complexity index is 628. The molecule has 1 N–H and O–H groups in total. The minimum atomic E-state index is -3.51. The molecule has 0 saturated carbocycles. The predicted octanol–water partition coefficient (Wildman–Crippen LogP) is 0.115. The number of hydrogen-bond acceptors (Lipinski definition) is 4. The fourth-order valence-electron chi connectivity index (χ4n) is 1.48. The molecule has 2 aromatic rings. The fourth-order valence-corrected chi connectivity index (χ4v) is 2.45. The molecule has 0 aromatic carbocycles. The van der Waals surface area contributed by atoms with Gasteiger partial charge in [-0.3, -0.25) is 9.36 Å². The molecule has 0 radical (unpaired) electrons. The van der Waals surface area contributed by atoms with Crippen molar-refractivity contribution in [1.82, 2.24) is 24.3 Å². The van der Waals surface area contributed by atoms with Crippen LogP contribution in [0.4, 0.5) is 0 Å². The summed E-state index contributed by atoms with van der Waals surface area (Å²) in [6.45, 7) is 2.75. The van der Waals surface area contributed by atoms with Gasteiger partial charge >= 0.3 is 0 Å². The molecule has 7 nitrogen and oxygen atoms in total. The first-order valence-corrected chi connectivity index (χ1v) is 6.99. The highest BCUT2D eigenvalue weighted by molar-refractivity contribution is 7.89. The van der Waals surface area contributed by atoms with Crippen LogP contribution < -0.4 is 4.72 Å². The summed E-state index contributed by atoms with van der Waals surface area (Å²) >= 11 is 0. The maximum Gasteiger partial charge on any atom is 0.243 e. The molecular weight excluding hydrogens is 254 g/mol. The summed E-state index contributed by atoms with van der Waals surface area (Å²) in [5.41, 5.74) is 0.809. The first-order valence-electron chi connectivity index (χ1n) is 5.51. The van der Waals surface area contributed by atoms with Crippen molar-refractivity contribution in [3.63, 3.8) is 0 Å². The zero-order valence-electron chi connectivity index (χ0n) is 10.2. The molecule has 0 bridgehead atoms. The van der Waals surface area contributed by atoms with Crippen molar-refractivity contribution >= 4 is 10.0 Å². The Morgan fingerprint density at radius 3 is 2.61 bits per heavy atom. The van der Waals surface area contributed by atoms with Gasteiger partial charge in [-0.25, -0.2) is 13.1 Å². The number of aromatic nitrogens is 4. The van der Waals surface area contributed by atoms with Gasteiger partial charge in [0.2, 0.25) is 10.0 Å². The van der Waals surface area contributed by atoms with E-state index in [4.69, 9.17) is 0 Å². The molecule has 0 fully saturated rings. The van der Waals surface area contributed by atoms with Gasteiger partial charge in [0, 0.05) is 38.1 Å². The van der Waals surface area contributed by atoms with Crippen molar-refractivity contribution in [1.29, 1.82) is 0 Å². The molecule has 18 heavy (non-hydrogen) atoms. The lowest BCUT2D eigenvalue weighted by Crippen LogP contribution is -2.22. The normalized spacial score (nSPS) is 11.9. The molecule has 2 aromatic heterocycles. The molecule has 0 amide bonds. The van der Waals surface area contributed by atoms with Crippen LogP contribution in [-0.2, 0) is 30.2 Å². The first kappa shape index (κ1) is 12.8. The molecule has 0 aliphatic heterocycles. The number of nitrogens with one attached hydrogen (secondary N) is 1. The number of hydrogen-bond donors (Lipinski definition) is 1. The van der Waals surface area contributed by atoms with E-state index >= 15 is 0 Å². The molecule has 2 rings (SSSR count). The van der Waals surface area contributed by atoms with E-state index in [0.29, 0.717) is 6.54 Å². The van der Waals surface area contributed by atoms with Crippen LogP contribution in [0, 0.1) is 0 Å². The maximum atomic E-state index is 11.9. The van der Waals surface area contributed by atoms with E-state index in [1.54, 1.807) is 28.8 Å². The van der Waals surface area contributed by atoms with Gasteiger partial charge in [-0.05, 0) is 6.92 Å². The van der Waals surface area contributed by atoms with E-state index in [9.17, 15) is 8.42 Å². The zero-order chi connectivity index (χ0) is 13.2. The second kappa shape index (κ2) is 4.91. The van der Waals surface area contributed by atoms with E-state index in [-0.39, 0.29) is 11.4 Å². The summed E-state index contributed by atoms with van der Waals surface area (Å²) in [5, 5.41) is 7.91. The van der Waals surface area contributed by atoms with E-state index in [2.05, 4.69) is 14.9 Å². The molecule has 8 heteroatoms. The average Bonchev–Trinajstić information content (AvgIpc) is 2.95. The van der Waals surface area contributed by atoms with Crippen LogP contribution in [0.1, 0.15) is 12.5 Å². The molecule has 2 heterocycles. The van der Waals surface area contributed by atoms with E-state index < -0.39 is 10.0 Å². The topological polar surface area (TPSA) is 81.8 Å². The monoisotopic (exact) mass is 269 g/mol. The van der Waals surface area contributed by atoms with Gasteiger partial charge < -0.3 is 0 Å². The van der Waals surface area contributed by atoms with Crippen molar-refractivity contribution < 1.29 is 8.42 Å². The van der Waals surface area contributed by atoms with Gasteiger partial charge in [0.1, 0.15) is 4.90 Å². The molecule has 0 spiro atoms. The molecular formula is C10H15N5O2S. The second-order valence-corrected chi connectivity index (χ2v) is 5.65. The standard InChI is InChI=1S/C10H15N5O2S/c1-3-15-8-10(6-12-15)18(16,17)13-5-9-4-11-14(2)7-9/h4,6-8,13H,3,5H2,1-2H3. The van der Waals surface area contributed by atoms with Gasteiger partial charge in [-0.1, -0.05) is 0 Å². The minimum Gasteiger partial charge on any atom is -0.275 e. The van der Waals surface area contributed by atoms with Crippen LogP contribution in [0.3, 0.4) is 0 Å². The van der Waals surface area contributed by atoms with Crippen LogP contribution in [0.15, 0.2) is 29.7 Å². The van der Waals surface area contributed by atoms with Crippen LogP contribution in [0.25, 0.3) is 0 Å². The molecule has 98 valence electrons. The predicted molar refractivity (Wildman–Crippen MR) is 65.1 cm³/mol. The SMILES string of the molecule is CCn1cc(S(=O)(=O)NCc2cnn(C)c2)cn1. The summed E-state index contributed by atoms with van der Waals surface area (Å²) in [4.78, 5) is 0.174. The third kappa shape index (κ3) is 2.77. The lowest BCUT2D eigenvalue weighted by Gasteiger charge is -2.02. The summed E-state index contributed by atoms with van der Waals surface area (Å²) < 4.78 is 29.6. The summed E-state index contributed by atoms with van der Waals surface area (Å²) in [6, 6.07) is 0. The van der Waals surface area contributed by atoms with E-state index in [0.717, 1.165) is 5.56 Å². The number of rotatable bonds is 5. The largest absolute Gasteiger partial charge is 0.275 e. The fraction of sp³-hybridized carbons (Fsp3) is 0.400. The van der Waals surface area contributed by atoms with Crippen molar-refractivity contribution in [3.8, 4) is 0 Å². The highest BCUT2D eigenvalue weighted by Crippen LogP contribution is 2.08. The third-order valence-corrected chi connectivity index (χ3v) is 3.82. The van der Waals surface area contributed by atoms with E-state index in [1.807, 2.05) is 6.92 Å². The third-order valence-electron chi connectivity index (χ3n) is 2.47. The molecule has 0 saturated heterocycles. The maximum absolute atomic E-state index is 11.9. The van der Waals surface area contributed by atoms with Gasteiger partial charge in [-0.2, -0.15) is 10.2 Å². The van der Waals surface area contributed by atoms with Crippen LogP contribution in [-0.4, -0.2) is 28.0 Å². The lowest BCUT2D eigenvalue weighted by atomic mass is 10.4. The summed E-state index contributed by atoms with van der Waals surface area (Å²) in [7, 11) is -1.73. The van der Waals surface area contributed by atoms with Crippen LogP contribution in [0.5, 0.6) is 0 Å². The van der Waals surface area contributed by atoms with Gasteiger partial charge in [0.15, 0.2) is 0 Å². The molecule has 0 aliphatic carbocycles. The molecule has 0 unspecified atom stereocenters.